The first kappa shape index (κ1) is 33.2. The second kappa shape index (κ2) is 13.5. The Labute approximate surface area is 257 Å². The summed E-state index contributed by atoms with van der Waals surface area (Å²) in [4.78, 5) is 27.6. The molecule has 15 heteroatoms. The number of aliphatic hydroxyl groups is 1. The zero-order valence-corrected chi connectivity index (χ0v) is 25.8. The van der Waals surface area contributed by atoms with E-state index in [1.54, 1.807) is 30.5 Å². The van der Waals surface area contributed by atoms with Gasteiger partial charge in [-0.1, -0.05) is 13.0 Å². The maximum Gasteiger partial charge on any atom is 0.416 e. The van der Waals surface area contributed by atoms with Gasteiger partial charge in [-0.3, -0.25) is 4.79 Å². The number of amides is 3. The number of ether oxygens (including phenoxy) is 1. The number of halogens is 3. The number of alkyl halides is 3. The van der Waals surface area contributed by atoms with Gasteiger partial charge in [0.25, 0.3) is 10.0 Å². The first-order chi connectivity index (χ1) is 20.7. The molecule has 238 valence electrons. The monoisotopic (exact) mass is 654 g/mol. The van der Waals surface area contributed by atoms with Crippen LogP contribution in [-0.2, 0) is 27.4 Å². The molecule has 3 atom stereocenters. The number of anilines is 2. The highest BCUT2D eigenvalue weighted by Gasteiger charge is 2.34. The van der Waals surface area contributed by atoms with Gasteiger partial charge in [-0.15, -0.1) is 11.3 Å². The third-order valence-corrected chi connectivity index (χ3v) is 10.4. The number of carbonyl (C=O) groups is 2. The number of nitrogens with zero attached hydrogens (tertiary/aromatic N) is 2. The van der Waals surface area contributed by atoms with E-state index >= 15 is 0 Å². The number of fused-ring (bicyclic) bond motifs is 1. The Bertz CT molecular complexity index is 1570. The Morgan fingerprint density at radius 3 is 2.43 bits per heavy atom. The summed E-state index contributed by atoms with van der Waals surface area (Å²) in [6.45, 7) is 3.44. The quantitative estimate of drug-likeness (QED) is 0.318. The minimum Gasteiger partial charge on any atom is -0.488 e. The highest BCUT2D eigenvalue weighted by Crippen LogP contribution is 2.31. The van der Waals surface area contributed by atoms with Crippen LogP contribution in [0.4, 0.5) is 29.3 Å². The van der Waals surface area contributed by atoms with Gasteiger partial charge in [-0.25, -0.2) is 13.2 Å². The number of thiophene rings is 1. The highest BCUT2D eigenvalue weighted by molar-refractivity contribution is 7.91. The van der Waals surface area contributed by atoms with E-state index in [0.29, 0.717) is 11.3 Å². The minimum atomic E-state index is -4.50. The minimum absolute atomic E-state index is 0.0219. The number of carbonyl (C=O) groups excluding carboxylic acids is 2. The van der Waals surface area contributed by atoms with Crippen molar-refractivity contribution >= 4 is 44.7 Å². The van der Waals surface area contributed by atoms with E-state index in [1.165, 1.54) is 28.4 Å². The summed E-state index contributed by atoms with van der Waals surface area (Å²) in [7, 11) is -2.33. The molecule has 3 amide bonds. The van der Waals surface area contributed by atoms with Gasteiger partial charge in [0, 0.05) is 36.4 Å². The molecule has 3 aromatic rings. The van der Waals surface area contributed by atoms with Crippen molar-refractivity contribution in [1.82, 2.24) is 9.21 Å². The van der Waals surface area contributed by atoms with E-state index in [2.05, 4.69) is 10.6 Å². The molecular formula is C29H33F3N4O6S2. The molecule has 1 aromatic heterocycles. The Hall–Kier alpha value is -3.66. The van der Waals surface area contributed by atoms with E-state index in [9.17, 15) is 36.3 Å². The van der Waals surface area contributed by atoms with Crippen molar-refractivity contribution in [3.63, 3.8) is 0 Å². The Balaban J connectivity index is 1.58. The van der Waals surface area contributed by atoms with Crippen molar-refractivity contribution in [2.45, 2.75) is 42.8 Å². The fraction of sp³-hybridized carbons (Fsp3) is 0.379. The summed E-state index contributed by atoms with van der Waals surface area (Å²) in [6, 6.07) is 10.5. The van der Waals surface area contributed by atoms with Crippen LogP contribution in [-0.4, -0.2) is 73.6 Å². The van der Waals surface area contributed by atoms with Crippen LogP contribution in [0.15, 0.2) is 64.2 Å². The lowest BCUT2D eigenvalue weighted by Crippen LogP contribution is -2.48. The molecule has 3 N–H and O–H groups in total. The number of sulfonamides is 1. The summed E-state index contributed by atoms with van der Waals surface area (Å²) >= 11 is 1.10. The van der Waals surface area contributed by atoms with Crippen molar-refractivity contribution in [3.8, 4) is 5.75 Å². The van der Waals surface area contributed by atoms with E-state index in [4.69, 9.17) is 4.74 Å². The van der Waals surface area contributed by atoms with E-state index in [0.717, 1.165) is 35.6 Å². The lowest BCUT2D eigenvalue weighted by atomic mass is 10.0. The van der Waals surface area contributed by atoms with E-state index < -0.39 is 39.9 Å². The Morgan fingerprint density at radius 2 is 1.82 bits per heavy atom. The predicted octanol–water partition coefficient (Wildman–Crippen LogP) is 4.88. The van der Waals surface area contributed by atoms with Crippen molar-refractivity contribution < 1.29 is 41.0 Å². The maximum absolute atomic E-state index is 13.4. The lowest BCUT2D eigenvalue weighted by molar-refractivity contribution is -0.137. The average molecular weight is 655 g/mol. The van der Waals surface area contributed by atoms with E-state index in [1.807, 2.05) is 6.92 Å². The molecule has 44 heavy (non-hydrogen) atoms. The number of aliphatic hydroxyl groups excluding tert-OH is 1. The van der Waals surface area contributed by atoms with Crippen molar-refractivity contribution in [1.29, 1.82) is 0 Å². The van der Waals surface area contributed by atoms with Gasteiger partial charge in [0.2, 0.25) is 5.91 Å². The smallest absolute Gasteiger partial charge is 0.416 e. The second-order valence-corrected chi connectivity index (χ2v) is 13.8. The average Bonchev–Trinajstić information content (AvgIpc) is 3.52. The predicted molar refractivity (Wildman–Crippen MR) is 160 cm³/mol. The molecule has 0 spiro atoms. The molecule has 0 saturated heterocycles. The van der Waals surface area contributed by atoms with Crippen LogP contribution in [0.3, 0.4) is 0 Å². The summed E-state index contributed by atoms with van der Waals surface area (Å²) in [5.41, 5.74) is -0.00469. The van der Waals surface area contributed by atoms with Gasteiger partial charge in [0.1, 0.15) is 16.1 Å². The number of hydrogen-bond donors (Lipinski definition) is 3. The van der Waals surface area contributed by atoms with Crippen LogP contribution in [0, 0.1) is 5.92 Å². The molecule has 10 nitrogen and oxygen atoms in total. The second-order valence-electron chi connectivity index (χ2n) is 10.6. The molecule has 2 heterocycles. The Kier molecular flexibility index (Phi) is 10.2. The molecule has 0 fully saturated rings. The standard InChI is InChI=1S/C29H33F3N4O6S2/c1-18-15-36(19(2)17-37)26(38)14-20-13-23(34-28(39)33-22-8-6-21(7-9-22)29(30,31)32)10-11-24(20)42-25(18)16-35(3)44(40,41)27-5-4-12-43-27/h4-13,18-19,25,37H,14-17H2,1-3H3,(H2,33,34,39)/t18-,19-,25-/m1/s1. The van der Waals surface area contributed by atoms with Crippen LogP contribution in [0.25, 0.3) is 0 Å². The maximum atomic E-state index is 13.4. The van der Waals surface area contributed by atoms with Gasteiger partial charge >= 0.3 is 12.2 Å². The summed E-state index contributed by atoms with van der Waals surface area (Å²) in [5, 5.41) is 16.6. The van der Waals surface area contributed by atoms with Crippen molar-refractivity contribution in [3.05, 3.63) is 71.1 Å². The highest BCUT2D eigenvalue weighted by atomic mass is 32.2. The topological polar surface area (TPSA) is 128 Å². The number of urea groups is 1. The lowest BCUT2D eigenvalue weighted by Gasteiger charge is -2.33. The molecule has 4 rings (SSSR count). The first-order valence-electron chi connectivity index (χ1n) is 13.6. The number of rotatable bonds is 8. The summed E-state index contributed by atoms with van der Waals surface area (Å²) in [6.07, 6.45) is -5.32. The summed E-state index contributed by atoms with van der Waals surface area (Å²) in [5.74, 6) is -0.314. The van der Waals surface area contributed by atoms with Crippen LogP contribution in [0.2, 0.25) is 0 Å². The molecule has 0 bridgehead atoms. The summed E-state index contributed by atoms with van der Waals surface area (Å²) < 4.78 is 72.6. The number of likely N-dealkylation sites (N-methyl/N-ethyl adjacent to an activating group) is 1. The molecule has 0 radical (unpaired) electrons. The molecule has 2 aromatic carbocycles. The number of nitrogens with one attached hydrogen (secondary N) is 2. The van der Waals surface area contributed by atoms with Gasteiger partial charge in [-0.05, 0) is 60.8 Å². The van der Waals surface area contributed by atoms with Crippen LogP contribution >= 0.6 is 11.3 Å². The molecule has 0 aliphatic carbocycles. The normalized spacial score (nSPS) is 18.5. The third kappa shape index (κ3) is 7.88. The van der Waals surface area contributed by atoms with Crippen LogP contribution < -0.4 is 15.4 Å². The van der Waals surface area contributed by atoms with Gasteiger partial charge in [0.05, 0.1) is 31.2 Å². The number of benzene rings is 2. The number of hydrogen-bond acceptors (Lipinski definition) is 7. The Morgan fingerprint density at radius 1 is 1.16 bits per heavy atom. The fourth-order valence-electron chi connectivity index (χ4n) is 4.68. The fourth-order valence-corrected chi connectivity index (χ4v) is 7.06. The van der Waals surface area contributed by atoms with Gasteiger partial charge in [-0.2, -0.15) is 17.5 Å². The molecule has 0 saturated carbocycles. The third-order valence-electron chi connectivity index (χ3n) is 7.24. The molecular weight excluding hydrogens is 621 g/mol. The molecule has 1 aliphatic rings. The van der Waals surface area contributed by atoms with Crippen LogP contribution in [0.1, 0.15) is 25.0 Å². The largest absolute Gasteiger partial charge is 0.488 e. The molecule has 1 aliphatic heterocycles. The zero-order chi connectivity index (χ0) is 32.2. The van der Waals surface area contributed by atoms with Crippen LogP contribution in [0.5, 0.6) is 5.75 Å². The van der Waals surface area contributed by atoms with Crippen molar-refractivity contribution in [2.75, 3.05) is 37.4 Å². The van der Waals surface area contributed by atoms with Crippen molar-refractivity contribution in [2.24, 2.45) is 5.92 Å². The van der Waals surface area contributed by atoms with Gasteiger partial charge in [0.15, 0.2) is 0 Å². The zero-order valence-electron chi connectivity index (χ0n) is 24.2. The SMILES string of the molecule is C[C@@H]1CN([C@H](C)CO)C(=O)Cc2cc(NC(=O)Nc3ccc(C(F)(F)F)cc3)ccc2O[C@@H]1CN(C)S(=O)(=O)c1cccs1. The van der Waals surface area contributed by atoms with Gasteiger partial charge < -0.3 is 25.4 Å². The van der Waals surface area contributed by atoms with E-state index in [-0.39, 0.29) is 53.5 Å². The first-order valence-corrected chi connectivity index (χ1v) is 16.0. The molecule has 0 unspecified atom stereocenters.